The summed E-state index contributed by atoms with van der Waals surface area (Å²) in [5, 5.41) is 4.05. The summed E-state index contributed by atoms with van der Waals surface area (Å²) in [6, 6.07) is 3.83. The first-order valence-corrected chi connectivity index (χ1v) is 11.4. The van der Waals surface area contributed by atoms with Gasteiger partial charge in [0.2, 0.25) is 15.9 Å². The van der Waals surface area contributed by atoms with Crippen LogP contribution in [-0.2, 0) is 28.3 Å². The molecule has 29 heavy (non-hydrogen) atoms. The summed E-state index contributed by atoms with van der Waals surface area (Å²) in [6.45, 7) is 4.39. The highest BCUT2D eigenvalue weighted by Gasteiger charge is 2.36. The Morgan fingerprint density at radius 1 is 1.45 bits per heavy atom. The number of aromatic nitrogens is 2. The third-order valence-corrected chi connectivity index (χ3v) is 7.91. The Balaban J connectivity index is 1.64. The average Bonchev–Trinajstić information content (AvgIpc) is 3.35. The lowest BCUT2D eigenvalue weighted by Crippen LogP contribution is -2.47. The predicted octanol–water partition coefficient (Wildman–Crippen LogP) is 2.20. The first-order valence-electron chi connectivity index (χ1n) is 9.99. The van der Waals surface area contributed by atoms with Crippen molar-refractivity contribution in [1.29, 1.82) is 0 Å². The van der Waals surface area contributed by atoms with Gasteiger partial charge in [0, 0.05) is 39.6 Å². The molecule has 160 valence electrons. The van der Waals surface area contributed by atoms with Crippen molar-refractivity contribution in [2.24, 2.45) is 13.0 Å². The van der Waals surface area contributed by atoms with E-state index in [4.69, 9.17) is 4.42 Å². The molecule has 1 aliphatic rings. The maximum Gasteiger partial charge on any atom is 0.246 e. The van der Waals surface area contributed by atoms with E-state index in [0.29, 0.717) is 25.1 Å². The fraction of sp³-hybridized carbons (Fsp3) is 0.600. The molecule has 2 atom stereocenters. The number of furan rings is 1. The third kappa shape index (κ3) is 4.56. The highest BCUT2D eigenvalue weighted by Crippen LogP contribution is 2.27. The molecule has 1 saturated heterocycles. The average molecular weight is 423 g/mol. The van der Waals surface area contributed by atoms with Gasteiger partial charge in [-0.25, -0.2) is 8.42 Å². The minimum atomic E-state index is -3.66. The standard InChI is InChI=1S/C20H30N4O4S/c1-15(9-10-18-8-6-12-28-18)22(3)20(25)17-7-5-11-24(14-17)29(26,27)19-13-21-23(4)16(19)2/h6,8,12-13,15,17H,5,7,9-11,14H2,1-4H3/t15-,17-/m0/s1. The lowest BCUT2D eigenvalue weighted by Gasteiger charge is -2.35. The molecular formula is C20H30N4O4S. The number of hydrogen-bond donors (Lipinski definition) is 0. The zero-order valence-corrected chi connectivity index (χ0v) is 18.4. The van der Waals surface area contributed by atoms with Crippen LogP contribution in [0.2, 0.25) is 0 Å². The molecule has 0 saturated carbocycles. The number of rotatable bonds is 7. The zero-order valence-electron chi connectivity index (χ0n) is 17.5. The largest absolute Gasteiger partial charge is 0.469 e. The first-order chi connectivity index (χ1) is 13.7. The summed E-state index contributed by atoms with van der Waals surface area (Å²) in [7, 11) is -0.140. The molecule has 3 rings (SSSR count). The van der Waals surface area contributed by atoms with E-state index in [9.17, 15) is 13.2 Å². The van der Waals surface area contributed by atoms with E-state index < -0.39 is 10.0 Å². The second-order valence-corrected chi connectivity index (χ2v) is 9.74. The molecule has 1 aliphatic heterocycles. The molecule has 0 aliphatic carbocycles. The molecule has 1 fully saturated rings. The Morgan fingerprint density at radius 3 is 2.83 bits per heavy atom. The smallest absolute Gasteiger partial charge is 0.246 e. The van der Waals surface area contributed by atoms with E-state index >= 15 is 0 Å². The molecule has 0 spiro atoms. The maximum atomic E-state index is 13.1. The van der Waals surface area contributed by atoms with Crippen LogP contribution in [-0.4, -0.2) is 59.5 Å². The zero-order chi connectivity index (χ0) is 21.2. The van der Waals surface area contributed by atoms with Gasteiger partial charge in [-0.2, -0.15) is 9.40 Å². The molecule has 0 radical (unpaired) electrons. The van der Waals surface area contributed by atoms with Crippen molar-refractivity contribution in [3.05, 3.63) is 36.0 Å². The van der Waals surface area contributed by atoms with Gasteiger partial charge in [-0.1, -0.05) is 0 Å². The van der Waals surface area contributed by atoms with Crippen LogP contribution in [0.4, 0.5) is 0 Å². The monoisotopic (exact) mass is 422 g/mol. The Hall–Kier alpha value is -2.13. The fourth-order valence-corrected chi connectivity index (χ4v) is 5.45. The Bertz CT molecular complexity index is 936. The van der Waals surface area contributed by atoms with Gasteiger partial charge in [0.15, 0.2) is 0 Å². The topological polar surface area (TPSA) is 88.7 Å². The van der Waals surface area contributed by atoms with Crippen LogP contribution in [0.5, 0.6) is 0 Å². The van der Waals surface area contributed by atoms with Gasteiger partial charge in [0.25, 0.3) is 0 Å². The molecule has 2 aromatic rings. The molecule has 0 aromatic carbocycles. The van der Waals surface area contributed by atoms with E-state index in [1.54, 1.807) is 36.9 Å². The van der Waals surface area contributed by atoms with Crippen molar-refractivity contribution in [2.75, 3.05) is 20.1 Å². The van der Waals surface area contributed by atoms with Crippen LogP contribution in [0.15, 0.2) is 33.9 Å². The second-order valence-electron chi connectivity index (χ2n) is 7.84. The van der Waals surface area contributed by atoms with Crippen LogP contribution in [0.1, 0.15) is 37.6 Å². The Labute approximate surface area is 172 Å². The normalized spacial score (nSPS) is 19.2. The molecule has 0 N–H and O–H groups in total. The van der Waals surface area contributed by atoms with Gasteiger partial charge >= 0.3 is 0 Å². The summed E-state index contributed by atoms with van der Waals surface area (Å²) in [6.07, 6.45) is 5.96. The number of piperidine rings is 1. The summed E-state index contributed by atoms with van der Waals surface area (Å²) < 4.78 is 34.5. The van der Waals surface area contributed by atoms with Crippen molar-refractivity contribution in [2.45, 2.75) is 50.5 Å². The minimum absolute atomic E-state index is 0.000228. The van der Waals surface area contributed by atoms with Crippen molar-refractivity contribution in [1.82, 2.24) is 19.0 Å². The number of amides is 1. The lowest BCUT2D eigenvalue weighted by atomic mass is 9.97. The number of carbonyl (C=O) groups is 1. The Morgan fingerprint density at radius 2 is 2.21 bits per heavy atom. The van der Waals surface area contributed by atoms with Crippen LogP contribution in [0.3, 0.4) is 0 Å². The number of hydrogen-bond acceptors (Lipinski definition) is 5. The summed E-state index contributed by atoms with van der Waals surface area (Å²) in [5.74, 6) is 0.575. The molecule has 0 unspecified atom stereocenters. The molecule has 0 bridgehead atoms. The first kappa shape index (κ1) is 21.6. The van der Waals surface area contributed by atoms with Crippen LogP contribution in [0.25, 0.3) is 0 Å². The summed E-state index contributed by atoms with van der Waals surface area (Å²) >= 11 is 0. The lowest BCUT2D eigenvalue weighted by molar-refractivity contribution is -0.137. The molecule has 9 heteroatoms. The van der Waals surface area contributed by atoms with E-state index in [1.807, 2.05) is 19.1 Å². The quantitative estimate of drug-likeness (QED) is 0.683. The summed E-state index contributed by atoms with van der Waals surface area (Å²) in [5.41, 5.74) is 0.599. The van der Waals surface area contributed by atoms with E-state index in [1.165, 1.54) is 10.5 Å². The highest BCUT2D eigenvalue weighted by atomic mass is 32.2. The Kier molecular flexibility index (Phi) is 6.48. The van der Waals surface area contributed by atoms with Crippen molar-refractivity contribution < 1.29 is 17.6 Å². The van der Waals surface area contributed by atoms with E-state index in [-0.39, 0.29) is 29.3 Å². The molecule has 8 nitrogen and oxygen atoms in total. The number of sulfonamides is 1. The van der Waals surface area contributed by atoms with Gasteiger partial charge in [0.05, 0.1) is 24.1 Å². The van der Waals surface area contributed by atoms with E-state index in [2.05, 4.69) is 5.10 Å². The van der Waals surface area contributed by atoms with Crippen molar-refractivity contribution in [3.63, 3.8) is 0 Å². The number of aryl methyl sites for hydroxylation is 2. The molecule has 1 amide bonds. The van der Waals surface area contributed by atoms with Gasteiger partial charge in [-0.05, 0) is 45.2 Å². The predicted molar refractivity (Wildman–Crippen MR) is 109 cm³/mol. The van der Waals surface area contributed by atoms with Gasteiger partial charge < -0.3 is 9.32 Å². The minimum Gasteiger partial charge on any atom is -0.469 e. The van der Waals surface area contributed by atoms with Gasteiger partial charge in [-0.3, -0.25) is 9.48 Å². The molecular weight excluding hydrogens is 392 g/mol. The van der Waals surface area contributed by atoms with Crippen LogP contribution < -0.4 is 0 Å². The van der Waals surface area contributed by atoms with Crippen LogP contribution >= 0.6 is 0 Å². The van der Waals surface area contributed by atoms with Gasteiger partial charge in [0.1, 0.15) is 10.7 Å². The van der Waals surface area contributed by atoms with Crippen LogP contribution in [0, 0.1) is 12.8 Å². The second kappa shape index (κ2) is 8.71. The number of carbonyl (C=O) groups excluding carboxylic acids is 1. The molecule has 3 heterocycles. The van der Waals surface area contributed by atoms with Gasteiger partial charge in [-0.15, -0.1) is 0 Å². The van der Waals surface area contributed by atoms with E-state index in [0.717, 1.165) is 18.6 Å². The SMILES string of the molecule is Cc1c(S(=O)(=O)N2CCC[C@H](C(=O)N(C)[C@@H](C)CCc3ccco3)C2)cnn1C. The van der Waals surface area contributed by atoms with Crippen molar-refractivity contribution >= 4 is 15.9 Å². The molecule has 2 aromatic heterocycles. The summed E-state index contributed by atoms with van der Waals surface area (Å²) in [4.78, 5) is 15.0. The third-order valence-electron chi connectivity index (χ3n) is 5.94. The number of nitrogens with zero attached hydrogens (tertiary/aromatic N) is 4. The van der Waals surface area contributed by atoms with Crippen molar-refractivity contribution in [3.8, 4) is 0 Å². The fourth-order valence-electron chi connectivity index (χ4n) is 3.74. The maximum absolute atomic E-state index is 13.1. The highest BCUT2D eigenvalue weighted by molar-refractivity contribution is 7.89.